The van der Waals surface area contributed by atoms with Gasteiger partial charge >= 0.3 is 0 Å². The molecule has 7 heteroatoms. The van der Waals surface area contributed by atoms with Gasteiger partial charge in [0.2, 0.25) is 5.91 Å². The molecule has 0 radical (unpaired) electrons. The quantitative estimate of drug-likeness (QED) is 0.599. The zero-order valence-corrected chi connectivity index (χ0v) is 21.9. The van der Waals surface area contributed by atoms with Gasteiger partial charge in [0.25, 0.3) is 5.91 Å². The van der Waals surface area contributed by atoms with E-state index >= 15 is 0 Å². The number of aromatic nitrogens is 1. The van der Waals surface area contributed by atoms with E-state index in [-0.39, 0.29) is 17.9 Å². The van der Waals surface area contributed by atoms with Crippen molar-refractivity contribution in [2.75, 3.05) is 45.8 Å². The predicted molar refractivity (Wildman–Crippen MR) is 145 cm³/mol. The summed E-state index contributed by atoms with van der Waals surface area (Å²) in [5, 5.41) is 3.33. The molecule has 0 spiro atoms. The lowest BCUT2D eigenvalue weighted by Gasteiger charge is -2.34. The number of benzene rings is 1. The molecule has 1 aromatic heterocycles. The first-order chi connectivity index (χ1) is 18.2. The molecule has 3 heterocycles. The number of nitrogens with zero attached hydrogens (tertiary/aromatic N) is 4. The van der Waals surface area contributed by atoms with Crippen LogP contribution in [0.5, 0.6) is 0 Å². The van der Waals surface area contributed by atoms with Gasteiger partial charge in [-0.05, 0) is 49.3 Å². The molecule has 1 saturated carbocycles. The molecule has 7 nitrogen and oxygen atoms in total. The first-order valence-corrected chi connectivity index (χ1v) is 14.2. The molecule has 2 amide bonds. The second kappa shape index (κ2) is 12.7. The van der Waals surface area contributed by atoms with Crippen molar-refractivity contribution in [1.29, 1.82) is 0 Å². The van der Waals surface area contributed by atoms with E-state index in [1.54, 1.807) is 18.5 Å². The Morgan fingerprint density at radius 2 is 1.78 bits per heavy atom. The summed E-state index contributed by atoms with van der Waals surface area (Å²) in [4.78, 5) is 38.0. The summed E-state index contributed by atoms with van der Waals surface area (Å²) >= 11 is 0. The zero-order chi connectivity index (χ0) is 25.5. The van der Waals surface area contributed by atoms with Gasteiger partial charge in [-0.2, -0.15) is 0 Å². The van der Waals surface area contributed by atoms with Crippen LogP contribution in [0.25, 0.3) is 0 Å². The van der Waals surface area contributed by atoms with Crippen LogP contribution in [-0.2, 0) is 11.2 Å². The third-order valence-electron chi connectivity index (χ3n) is 8.43. The van der Waals surface area contributed by atoms with E-state index in [0.29, 0.717) is 37.5 Å². The lowest BCUT2D eigenvalue weighted by Crippen LogP contribution is -2.53. The maximum Gasteiger partial charge on any atom is 0.256 e. The fourth-order valence-corrected chi connectivity index (χ4v) is 6.33. The highest BCUT2D eigenvalue weighted by molar-refractivity contribution is 5.97. The van der Waals surface area contributed by atoms with Crippen LogP contribution in [0.4, 0.5) is 0 Å². The lowest BCUT2D eigenvalue weighted by atomic mass is 9.88. The molecule has 2 aliphatic heterocycles. The Hall–Kier alpha value is -2.77. The first-order valence-electron chi connectivity index (χ1n) is 14.2. The molecule has 1 aromatic carbocycles. The highest BCUT2D eigenvalue weighted by Gasteiger charge is 2.44. The number of amides is 2. The van der Waals surface area contributed by atoms with E-state index in [2.05, 4.69) is 45.5 Å². The molecule has 1 aliphatic carbocycles. The molecule has 3 aliphatic rings. The van der Waals surface area contributed by atoms with Gasteiger partial charge in [-0.3, -0.25) is 19.5 Å². The fraction of sp³-hybridized carbons (Fsp3) is 0.567. The first kappa shape index (κ1) is 25.9. The van der Waals surface area contributed by atoms with Crippen molar-refractivity contribution in [2.45, 2.75) is 57.0 Å². The number of carbonyl (C=O) groups excluding carboxylic acids is 2. The van der Waals surface area contributed by atoms with Crippen molar-refractivity contribution < 1.29 is 9.59 Å². The van der Waals surface area contributed by atoms with Gasteiger partial charge in [0.05, 0.1) is 5.56 Å². The van der Waals surface area contributed by atoms with Gasteiger partial charge < -0.3 is 15.1 Å². The van der Waals surface area contributed by atoms with E-state index in [1.165, 1.54) is 37.7 Å². The Labute approximate surface area is 221 Å². The third kappa shape index (κ3) is 6.57. The Bertz CT molecular complexity index is 1010. The van der Waals surface area contributed by atoms with Gasteiger partial charge in [0.1, 0.15) is 6.04 Å². The van der Waals surface area contributed by atoms with Crippen molar-refractivity contribution >= 4 is 11.8 Å². The minimum Gasteiger partial charge on any atom is -0.338 e. The molecular formula is C30H41N5O2. The monoisotopic (exact) mass is 503 g/mol. The maximum atomic E-state index is 13.8. The van der Waals surface area contributed by atoms with Crippen LogP contribution in [-0.4, -0.2) is 89.4 Å². The molecule has 2 atom stereocenters. The molecule has 2 aromatic rings. The summed E-state index contributed by atoms with van der Waals surface area (Å²) < 4.78 is 0. The maximum absolute atomic E-state index is 13.8. The highest BCUT2D eigenvalue weighted by atomic mass is 16.2. The smallest absolute Gasteiger partial charge is 0.256 e. The van der Waals surface area contributed by atoms with Crippen LogP contribution in [0.2, 0.25) is 0 Å². The van der Waals surface area contributed by atoms with Crippen molar-refractivity contribution in [3.8, 4) is 0 Å². The number of piperazine rings is 1. The SMILES string of the molecule is O=C(C1CC(N(CCc2ccccc2)CC2CCCCC2)CN1C(=O)c1cccnc1)N1CCNCC1. The molecule has 2 unspecified atom stereocenters. The topological polar surface area (TPSA) is 68.8 Å². The third-order valence-corrected chi connectivity index (χ3v) is 8.43. The number of likely N-dealkylation sites (tertiary alicyclic amines) is 1. The summed E-state index contributed by atoms with van der Waals surface area (Å²) in [6.07, 6.45) is 11.5. The highest BCUT2D eigenvalue weighted by Crippen LogP contribution is 2.30. The molecule has 0 bridgehead atoms. The normalized spacial score (nSPS) is 22.9. The molecule has 37 heavy (non-hydrogen) atoms. The summed E-state index contributed by atoms with van der Waals surface area (Å²) in [7, 11) is 0. The van der Waals surface area contributed by atoms with Crippen LogP contribution >= 0.6 is 0 Å². The van der Waals surface area contributed by atoms with Gasteiger partial charge in [-0.1, -0.05) is 49.6 Å². The van der Waals surface area contributed by atoms with Crippen LogP contribution in [0, 0.1) is 5.92 Å². The van der Waals surface area contributed by atoms with Crippen LogP contribution < -0.4 is 5.32 Å². The van der Waals surface area contributed by atoms with Crippen LogP contribution in [0.3, 0.4) is 0 Å². The molecule has 5 rings (SSSR count). The van der Waals surface area contributed by atoms with Crippen molar-refractivity contribution in [1.82, 2.24) is 25.0 Å². The van der Waals surface area contributed by atoms with E-state index in [0.717, 1.165) is 32.6 Å². The largest absolute Gasteiger partial charge is 0.338 e. The summed E-state index contributed by atoms with van der Waals surface area (Å²) in [6, 6.07) is 14.0. The van der Waals surface area contributed by atoms with Gasteiger partial charge in [-0.25, -0.2) is 0 Å². The summed E-state index contributed by atoms with van der Waals surface area (Å²) in [5.41, 5.74) is 1.90. The number of pyridine rings is 1. The van der Waals surface area contributed by atoms with Crippen LogP contribution in [0.15, 0.2) is 54.9 Å². The van der Waals surface area contributed by atoms with Gasteiger partial charge in [-0.15, -0.1) is 0 Å². The van der Waals surface area contributed by atoms with E-state index in [4.69, 9.17) is 0 Å². The minimum atomic E-state index is -0.415. The molecule has 3 fully saturated rings. The molecule has 198 valence electrons. The molecule has 1 N–H and O–H groups in total. The van der Waals surface area contributed by atoms with E-state index in [1.807, 2.05) is 15.9 Å². The number of nitrogens with one attached hydrogen (secondary N) is 1. The summed E-state index contributed by atoms with van der Waals surface area (Å²) in [5.74, 6) is 0.724. The average molecular weight is 504 g/mol. The Morgan fingerprint density at radius 3 is 2.51 bits per heavy atom. The number of hydrogen-bond donors (Lipinski definition) is 1. The van der Waals surface area contributed by atoms with E-state index < -0.39 is 6.04 Å². The zero-order valence-electron chi connectivity index (χ0n) is 21.9. The predicted octanol–water partition coefficient (Wildman–Crippen LogP) is 3.22. The second-order valence-electron chi connectivity index (χ2n) is 10.9. The van der Waals surface area contributed by atoms with E-state index in [9.17, 15) is 9.59 Å². The van der Waals surface area contributed by atoms with Gasteiger partial charge in [0, 0.05) is 64.2 Å². The standard InChI is InChI=1S/C30H41N5O2/c36-29(26-12-7-14-32-21-26)35-23-27(20-28(35)30(37)33-18-15-31-16-19-33)34(22-25-10-5-2-6-11-25)17-13-24-8-3-1-4-9-24/h1,3-4,7-9,12,14,21,25,27-28,31H,2,5-6,10-11,13,15-20,22-23H2. The Balaban J connectivity index is 1.37. The fourth-order valence-electron chi connectivity index (χ4n) is 6.33. The Kier molecular flexibility index (Phi) is 8.84. The lowest BCUT2D eigenvalue weighted by molar-refractivity contribution is -0.135. The van der Waals surface area contributed by atoms with Crippen molar-refractivity contribution in [3.63, 3.8) is 0 Å². The number of carbonyl (C=O) groups is 2. The average Bonchev–Trinajstić information content (AvgIpc) is 3.42. The number of hydrogen-bond acceptors (Lipinski definition) is 5. The molecule has 2 saturated heterocycles. The Morgan fingerprint density at radius 1 is 1.00 bits per heavy atom. The second-order valence-corrected chi connectivity index (χ2v) is 10.9. The minimum absolute atomic E-state index is 0.0789. The van der Waals surface area contributed by atoms with Crippen LogP contribution in [0.1, 0.15) is 54.4 Å². The van der Waals surface area contributed by atoms with Crippen molar-refractivity contribution in [2.24, 2.45) is 5.92 Å². The molecular weight excluding hydrogens is 462 g/mol. The van der Waals surface area contributed by atoms with Crippen molar-refractivity contribution in [3.05, 3.63) is 66.0 Å². The summed E-state index contributed by atoms with van der Waals surface area (Å²) in [6.45, 7) is 5.63. The number of rotatable bonds is 8. The van der Waals surface area contributed by atoms with Gasteiger partial charge in [0.15, 0.2) is 0 Å².